The first-order valence-corrected chi connectivity index (χ1v) is 36.8. The van der Waals surface area contributed by atoms with E-state index in [0.717, 1.165) is 116 Å². The minimum Gasteiger partial charge on any atom is -0.394 e. The fourth-order valence-electron chi connectivity index (χ4n) is 11.4. The van der Waals surface area contributed by atoms with E-state index in [-0.39, 0.29) is 12.5 Å². The molecule has 0 aliphatic carbocycles. The van der Waals surface area contributed by atoms with Gasteiger partial charge >= 0.3 is 0 Å². The Kier molecular flexibility index (Phi) is 56.0. The summed E-state index contributed by atoms with van der Waals surface area (Å²) in [5, 5.41) is 87.6. The predicted molar refractivity (Wildman–Crippen MR) is 378 cm³/mol. The van der Waals surface area contributed by atoms with E-state index in [1.54, 1.807) is 0 Å². The van der Waals surface area contributed by atoms with Gasteiger partial charge in [-0.15, -0.1) is 0 Å². The Balaban J connectivity index is 1.61. The number of carbonyl (C=O) groups is 1. The van der Waals surface area contributed by atoms with Gasteiger partial charge in [-0.25, -0.2) is 0 Å². The van der Waals surface area contributed by atoms with E-state index in [2.05, 4.69) is 141 Å². The molecule has 1 amide bonds. The summed E-state index contributed by atoms with van der Waals surface area (Å²) in [6.07, 6.45) is 72.1. The standard InChI is InChI=1S/C78H133NO13/c1-3-5-7-9-11-13-15-17-19-21-22-23-24-25-26-27-28-29-30-31-32-33-34-35-36-37-38-39-40-41-42-43-44-46-48-50-52-54-56-58-60-62-70(83)79-66(67(82)61-59-57-55-53-51-49-47-45-20-18-16-14-12-10-8-6-4-2)65-89-77-75(88)73(86)76(69(64-81)91-77)92-78-74(87)72(85)71(84)68(63-80)90-78/h5,7,11,13,17,19,22-23,25-26,28-29,31-32,34-35,37-38,40-41,66-69,71-78,80-82,84-88H,3-4,6,8-10,12,14-16,18,20-21,24,27,30,33,36,39,42-65H2,1-2H3,(H,79,83)/b7-5-,13-11-,19-17-,23-22-,26-25-,29-28-,32-31-,35-34-,38-37-,41-40-. The van der Waals surface area contributed by atoms with E-state index in [4.69, 9.17) is 18.9 Å². The highest BCUT2D eigenvalue weighted by Crippen LogP contribution is 2.30. The Labute approximate surface area is 558 Å². The van der Waals surface area contributed by atoms with Crippen molar-refractivity contribution in [1.82, 2.24) is 5.32 Å². The normalized spacial score (nSPS) is 23.4. The second kappa shape index (κ2) is 61.0. The maximum absolute atomic E-state index is 13.4. The summed E-state index contributed by atoms with van der Waals surface area (Å²) < 4.78 is 22.9. The van der Waals surface area contributed by atoms with Crippen molar-refractivity contribution in [3.8, 4) is 0 Å². The lowest BCUT2D eigenvalue weighted by Gasteiger charge is -2.46. The Morgan fingerprint density at radius 1 is 0.402 bits per heavy atom. The maximum Gasteiger partial charge on any atom is 0.220 e. The second-order valence-electron chi connectivity index (χ2n) is 25.3. The first kappa shape index (κ1) is 84.5. The number of hydrogen-bond acceptors (Lipinski definition) is 13. The maximum atomic E-state index is 13.4. The van der Waals surface area contributed by atoms with Gasteiger partial charge in [0.15, 0.2) is 12.6 Å². The minimum absolute atomic E-state index is 0.214. The third kappa shape index (κ3) is 44.2. The van der Waals surface area contributed by atoms with Crippen LogP contribution in [0.4, 0.5) is 0 Å². The van der Waals surface area contributed by atoms with Crippen molar-refractivity contribution in [2.75, 3.05) is 19.8 Å². The number of hydrogen-bond donors (Lipinski definition) is 9. The van der Waals surface area contributed by atoms with Gasteiger partial charge in [0.1, 0.15) is 48.8 Å². The van der Waals surface area contributed by atoms with Gasteiger partial charge in [-0.05, 0) is 89.9 Å². The number of carbonyl (C=O) groups excluding carboxylic acids is 1. The number of nitrogens with one attached hydrogen (secondary N) is 1. The Morgan fingerprint density at radius 3 is 1.15 bits per heavy atom. The largest absolute Gasteiger partial charge is 0.394 e. The molecule has 0 radical (unpaired) electrons. The Bertz CT molecular complexity index is 2010. The summed E-state index contributed by atoms with van der Waals surface area (Å²) in [5.74, 6) is -0.214. The van der Waals surface area contributed by atoms with Gasteiger partial charge in [-0.2, -0.15) is 0 Å². The summed E-state index contributed by atoms with van der Waals surface area (Å²) in [5.41, 5.74) is 0. The fourth-order valence-corrected chi connectivity index (χ4v) is 11.4. The molecule has 2 aliphatic heterocycles. The van der Waals surface area contributed by atoms with Crippen molar-refractivity contribution < 1.29 is 64.6 Å². The average Bonchev–Trinajstić information content (AvgIpc) is 0.856. The fraction of sp³-hybridized carbons (Fsp3) is 0.731. The molecule has 12 atom stereocenters. The molecule has 0 saturated carbocycles. The van der Waals surface area contributed by atoms with E-state index >= 15 is 0 Å². The highest BCUT2D eigenvalue weighted by atomic mass is 16.7. The third-order valence-corrected chi connectivity index (χ3v) is 17.2. The molecule has 2 saturated heterocycles. The van der Waals surface area contributed by atoms with Crippen LogP contribution in [-0.4, -0.2) is 140 Å². The molecular weight excluding hydrogens is 1160 g/mol. The molecule has 0 aromatic carbocycles. The van der Waals surface area contributed by atoms with E-state index in [0.29, 0.717) is 19.3 Å². The summed E-state index contributed by atoms with van der Waals surface area (Å²) >= 11 is 0. The van der Waals surface area contributed by atoms with Crippen molar-refractivity contribution >= 4 is 5.91 Å². The van der Waals surface area contributed by atoms with Crippen LogP contribution in [0.15, 0.2) is 122 Å². The molecule has 0 bridgehead atoms. The van der Waals surface area contributed by atoms with Gasteiger partial charge in [0.05, 0.1) is 32.0 Å². The van der Waals surface area contributed by atoms with Crippen LogP contribution in [0.3, 0.4) is 0 Å². The third-order valence-electron chi connectivity index (χ3n) is 17.2. The number of ether oxygens (including phenoxy) is 4. The topological polar surface area (TPSA) is 228 Å². The van der Waals surface area contributed by atoms with Crippen LogP contribution in [0.2, 0.25) is 0 Å². The van der Waals surface area contributed by atoms with Crippen LogP contribution in [0, 0.1) is 0 Å². The lowest BCUT2D eigenvalue weighted by atomic mass is 9.97. The van der Waals surface area contributed by atoms with Crippen LogP contribution < -0.4 is 5.32 Å². The summed E-state index contributed by atoms with van der Waals surface area (Å²) in [4.78, 5) is 13.4. The average molecular weight is 1290 g/mol. The van der Waals surface area contributed by atoms with Crippen LogP contribution in [0.25, 0.3) is 0 Å². The molecule has 12 unspecified atom stereocenters. The smallest absolute Gasteiger partial charge is 0.220 e. The molecule has 0 spiro atoms. The monoisotopic (exact) mass is 1290 g/mol. The molecule has 2 heterocycles. The highest BCUT2D eigenvalue weighted by molar-refractivity contribution is 5.76. The molecule has 2 aliphatic rings. The number of amides is 1. The van der Waals surface area contributed by atoms with Gasteiger partial charge in [0.25, 0.3) is 0 Å². The molecule has 2 fully saturated rings. The van der Waals surface area contributed by atoms with Gasteiger partial charge in [0.2, 0.25) is 5.91 Å². The second-order valence-corrected chi connectivity index (χ2v) is 25.3. The van der Waals surface area contributed by atoms with E-state index in [1.807, 2.05) is 0 Å². The molecule has 92 heavy (non-hydrogen) atoms. The minimum atomic E-state index is -1.79. The lowest BCUT2D eigenvalue weighted by Crippen LogP contribution is -2.65. The number of rotatable bonds is 59. The molecular formula is C78H133NO13. The van der Waals surface area contributed by atoms with E-state index in [1.165, 1.54) is 122 Å². The van der Waals surface area contributed by atoms with Crippen LogP contribution in [-0.2, 0) is 23.7 Å². The summed E-state index contributed by atoms with van der Waals surface area (Å²) in [7, 11) is 0. The first-order valence-electron chi connectivity index (χ1n) is 36.8. The molecule has 9 N–H and O–H groups in total. The van der Waals surface area contributed by atoms with Crippen molar-refractivity contribution in [1.29, 1.82) is 0 Å². The molecule has 14 nitrogen and oxygen atoms in total. The summed E-state index contributed by atoms with van der Waals surface area (Å²) in [6, 6.07) is -0.839. The number of unbranched alkanes of at least 4 members (excludes halogenated alkanes) is 26. The highest BCUT2D eigenvalue weighted by Gasteiger charge is 2.51. The zero-order valence-corrected chi connectivity index (χ0v) is 57.5. The number of allylic oxidation sites excluding steroid dienone is 20. The van der Waals surface area contributed by atoms with Crippen molar-refractivity contribution in [2.45, 2.75) is 344 Å². The van der Waals surface area contributed by atoms with Gasteiger partial charge in [-0.3, -0.25) is 4.79 Å². The van der Waals surface area contributed by atoms with Crippen molar-refractivity contribution in [2.24, 2.45) is 0 Å². The van der Waals surface area contributed by atoms with Gasteiger partial charge < -0.3 is 65.1 Å². The predicted octanol–water partition coefficient (Wildman–Crippen LogP) is 15.7. The zero-order valence-electron chi connectivity index (χ0n) is 57.5. The van der Waals surface area contributed by atoms with Crippen LogP contribution in [0.1, 0.15) is 271 Å². The molecule has 2 rings (SSSR count). The molecule has 528 valence electrons. The van der Waals surface area contributed by atoms with E-state index in [9.17, 15) is 45.6 Å². The molecule has 0 aromatic heterocycles. The van der Waals surface area contributed by atoms with Crippen LogP contribution in [0.5, 0.6) is 0 Å². The zero-order chi connectivity index (χ0) is 66.6. The van der Waals surface area contributed by atoms with E-state index < -0.39 is 86.8 Å². The van der Waals surface area contributed by atoms with Crippen molar-refractivity contribution in [3.63, 3.8) is 0 Å². The Hall–Kier alpha value is -3.61. The Morgan fingerprint density at radius 2 is 0.750 bits per heavy atom. The lowest BCUT2D eigenvalue weighted by molar-refractivity contribution is -0.359. The molecule has 14 heteroatoms. The SMILES string of the molecule is CC/C=C\C/C=C\C/C=C\C/C=C\C/C=C\C/C=C\C/C=C\C/C=C\C/C=C\C/C=C\CCCCCCCCCCCCC(=O)NC(COC1OC(CO)C(OC2OC(CO)C(O)C(O)C2O)C(O)C1O)C(O)CCCCCCCCCCCCCCCCCCC. The van der Waals surface area contributed by atoms with Gasteiger partial charge in [-0.1, -0.05) is 296 Å². The number of aliphatic hydroxyl groups excluding tert-OH is 8. The number of aliphatic hydroxyl groups is 8. The molecule has 0 aromatic rings. The van der Waals surface area contributed by atoms with Crippen LogP contribution >= 0.6 is 0 Å². The van der Waals surface area contributed by atoms with Gasteiger partial charge in [0, 0.05) is 6.42 Å². The quantitative estimate of drug-likeness (QED) is 0.0204. The first-order chi connectivity index (χ1) is 45.1. The summed E-state index contributed by atoms with van der Waals surface area (Å²) in [6.45, 7) is 2.76. The van der Waals surface area contributed by atoms with Crippen molar-refractivity contribution in [3.05, 3.63) is 122 Å².